The van der Waals surface area contributed by atoms with Crippen LogP contribution in [0.2, 0.25) is 0 Å². The van der Waals surface area contributed by atoms with E-state index in [0.29, 0.717) is 17.6 Å². The zero-order chi connectivity index (χ0) is 8.15. The largest absolute Gasteiger partial charge is 0.300 e. The molecule has 2 atom stereocenters. The monoisotopic (exact) mass is 142 g/mol. The molecule has 0 aliphatic rings. The number of carbonyl (C=O) groups is 1. The number of carbonyl (C=O) groups excluding carboxylic acids is 1. The minimum Gasteiger partial charge on any atom is -0.300 e. The van der Waals surface area contributed by atoms with Gasteiger partial charge in [0.05, 0.1) is 0 Å². The SMILES string of the molecule is CCC(C)[C@H](CC)C(C)=O. The molecule has 0 bridgehead atoms. The number of rotatable bonds is 4. The van der Waals surface area contributed by atoms with Gasteiger partial charge in [0.1, 0.15) is 5.78 Å². The lowest BCUT2D eigenvalue weighted by atomic mass is 9.87. The van der Waals surface area contributed by atoms with E-state index in [2.05, 4.69) is 20.8 Å². The summed E-state index contributed by atoms with van der Waals surface area (Å²) in [7, 11) is 0. The Kier molecular flexibility index (Phi) is 4.33. The Morgan fingerprint density at radius 3 is 1.90 bits per heavy atom. The van der Waals surface area contributed by atoms with E-state index in [9.17, 15) is 4.79 Å². The first-order chi connectivity index (χ1) is 4.63. The summed E-state index contributed by atoms with van der Waals surface area (Å²) in [6, 6.07) is 0. The molecule has 0 saturated carbocycles. The van der Waals surface area contributed by atoms with Crippen molar-refractivity contribution in [3.8, 4) is 0 Å². The van der Waals surface area contributed by atoms with Crippen LogP contribution in [0.15, 0.2) is 0 Å². The summed E-state index contributed by atoms with van der Waals surface area (Å²) in [5.41, 5.74) is 0. The van der Waals surface area contributed by atoms with Crippen LogP contribution in [-0.4, -0.2) is 5.78 Å². The lowest BCUT2D eigenvalue weighted by Gasteiger charge is -2.17. The normalized spacial score (nSPS) is 16.4. The molecule has 1 unspecified atom stereocenters. The molecule has 0 spiro atoms. The second kappa shape index (κ2) is 4.48. The van der Waals surface area contributed by atoms with Crippen LogP contribution in [0.5, 0.6) is 0 Å². The summed E-state index contributed by atoms with van der Waals surface area (Å²) in [6.07, 6.45) is 2.10. The van der Waals surface area contributed by atoms with Crippen molar-refractivity contribution >= 4 is 5.78 Å². The number of hydrogen-bond acceptors (Lipinski definition) is 1. The smallest absolute Gasteiger partial charge is 0.133 e. The lowest BCUT2D eigenvalue weighted by molar-refractivity contribution is -0.122. The quantitative estimate of drug-likeness (QED) is 0.589. The summed E-state index contributed by atoms with van der Waals surface area (Å²) in [5, 5.41) is 0. The topological polar surface area (TPSA) is 17.1 Å². The van der Waals surface area contributed by atoms with Crippen LogP contribution < -0.4 is 0 Å². The Labute approximate surface area is 63.8 Å². The molecule has 0 N–H and O–H groups in total. The number of ketones is 1. The average Bonchev–Trinajstić information content (AvgIpc) is 1.88. The first-order valence-electron chi connectivity index (χ1n) is 4.13. The first kappa shape index (κ1) is 9.67. The predicted molar refractivity (Wildman–Crippen MR) is 43.9 cm³/mol. The van der Waals surface area contributed by atoms with Gasteiger partial charge in [-0.1, -0.05) is 27.2 Å². The molecule has 0 aromatic heterocycles. The van der Waals surface area contributed by atoms with Crippen molar-refractivity contribution in [2.75, 3.05) is 0 Å². The standard InChI is InChI=1S/C9H18O/c1-5-7(3)9(6-2)8(4)10/h7,9H,5-6H2,1-4H3/t7?,9-/m0/s1. The molecule has 0 aliphatic heterocycles. The minimum absolute atomic E-state index is 0.296. The Morgan fingerprint density at radius 1 is 1.30 bits per heavy atom. The molecule has 0 aromatic carbocycles. The van der Waals surface area contributed by atoms with Crippen molar-refractivity contribution in [3.05, 3.63) is 0 Å². The van der Waals surface area contributed by atoms with E-state index in [1.165, 1.54) is 0 Å². The zero-order valence-corrected chi connectivity index (χ0v) is 7.48. The van der Waals surface area contributed by atoms with Crippen molar-refractivity contribution in [2.24, 2.45) is 11.8 Å². The van der Waals surface area contributed by atoms with Crippen LogP contribution in [-0.2, 0) is 4.79 Å². The second-order valence-corrected chi connectivity index (χ2v) is 3.01. The average molecular weight is 142 g/mol. The van der Waals surface area contributed by atoms with Crippen molar-refractivity contribution in [1.29, 1.82) is 0 Å². The van der Waals surface area contributed by atoms with E-state index in [1.807, 2.05) is 0 Å². The van der Waals surface area contributed by atoms with Gasteiger partial charge < -0.3 is 0 Å². The van der Waals surface area contributed by atoms with Gasteiger partial charge in [-0.25, -0.2) is 0 Å². The van der Waals surface area contributed by atoms with Gasteiger partial charge in [-0.2, -0.15) is 0 Å². The zero-order valence-electron chi connectivity index (χ0n) is 7.48. The van der Waals surface area contributed by atoms with Gasteiger partial charge in [0.2, 0.25) is 0 Å². The molecule has 0 saturated heterocycles. The van der Waals surface area contributed by atoms with Gasteiger partial charge in [0.15, 0.2) is 0 Å². The highest BCUT2D eigenvalue weighted by Crippen LogP contribution is 2.18. The number of Topliss-reactive ketones (excluding diaryl/α,β-unsaturated/α-hetero) is 1. The highest BCUT2D eigenvalue weighted by atomic mass is 16.1. The minimum atomic E-state index is 0.296. The highest BCUT2D eigenvalue weighted by Gasteiger charge is 2.17. The third-order valence-corrected chi connectivity index (χ3v) is 2.29. The third kappa shape index (κ3) is 2.51. The van der Waals surface area contributed by atoms with Gasteiger partial charge in [-0.15, -0.1) is 0 Å². The Hall–Kier alpha value is -0.330. The maximum Gasteiger partial charge on any atom is 0.133 e. The summed E-state index contributed by atoms with van der Waals surface area (Å²) in [5.74, 6) is 1.20. The van der Waals surface area contributed by atoms with Crippen LogP contribution in [0.25, 0.3) is 0 Å². The van der Waals surface area contributed by atoms with E-state index < -0.39 is 0 Å². The van der Waals surface area contributed by atoms with Gasteiger partial charge in [-0.05, 0) is 19.3 Å². The summed E-state index contributed by atoms with van der Waals surface area (Å²) >= 11 is 0. The Balaban J connectivity index is 3.92. The maximum absolute atomic E-state index is 11.0. The van der Waals surface area contributed by atoms with E-state index in [0.717, 1.165) is 12.8 Å². The molecule has 10 heavy (non-hydrogen) atoms. The van der Waals surface area contributed by atoms with E-state index in [1.54, 1.807) is 6.92 Å². The second-order valence-electron chi connectivity index (χ2n) is 3.01. The van der Waals surface area contributed by atoms with Crippen molar-refractivity contribution in [2.45, 2.75) is 40.5 Å². The van der Waals surface area contributed by atoms with Crippen LogP contribution >= 0.6 is 0 Å². The summed E-state index contributed by atoms with van der Waals surface area (Å²) in [6.45, 7) is 8.06. The van der Waals surface area contributed by atoms with E-state index in [4.69, 9.17) is 0 Å². The molecule has 0 radical (unpaired) electrons. The molecule has 0 aromatic rings. The van der Waals surface area contributed by atoms with Crippen molar-refractivity contribution in [1.82, 2.24) is 0 Å². The fourth-order valence-corrected chi connectivity index (χ4v) is 1.38. The Bertz CT molecular complexity index is 107. The first-order valence-corrected chi connectivity index (χ1v) is 4.13. The molecular weight excluding hydrogens is 124 g/mol. The van der Waals surface area contributed by atoms with Crippen molar-refractivity contribution < 1.29 is 4.79 Å². The summed E-state index contributed by atoms with van der Waals surface area (Å²) in [4.78, 5) is 11.0. The van der Waals surface area contributed by atoms with Crippen LogP contribution in [0, 0.1) is 11.8 Å². The number of hydrogen-bond donors (Lipinski definition) is 0. The van der Waals surface area contributed by atoms with Gasteiger partial charge in [0, 0.05) is 5.92 Å². The van der Waals surface area contributed by atoms with Crippen molar-refractivity contribution in [3.63, 3.8) is 0 Å². The molecule has 0 rings (SSSR count). The van der Waals surface area contributed by atoms with Crippen LogP contribution in [0.3, 0.4) is 0 Å². The fourth-order valence-electron chi connectivity index (χ4n) is 1.38. The van der Waals surface area contributed by atoms with Gasteiger partial charge in [-0.3, -0.25) is 4.79 Å². The fraction of sp³-hybridized carbons (Fsp3) is 0.889. The third-order valence-electron chi connectivity index (χ3n) is 2.29. The van der Waals surface area contributed by atoms with Gasteiger partial charge >= 0.3 is 0 Å². The molecular formula is C9H18O. The van der Waals surface area contributed by atoms with Gasteiger partial charge in [0.25, 0.3) is 0 Å². The Morgan fingerprint density at radius 2 is 1.80 bits per heavy atom. The predicted octanol–water partition coefficient (Wildman–Crippen LogP) is 2.65. The van der Waals surface area contributed by atoms with E-state index >= 15 is 0 Å². The molecule has 1 heteroatoms. The van der Waals surface area contributed by atoms with Crippen LogP contribution in [0.4, 0.5) is 0 Å². The molecule has 60 valence electrons. The van der Waals surface area contributed by atoms with E-state index in [-0.39, 0.29) is 0 Å². The molecule has 0 aliphatic carbocycles. The molecule has 0 fully saturated rings. The molecule has 1 nitrogen and oxygen atoms in total. The summed E-state index contributed by atoms with van der Waals surface area (Å²) < 4.78 is 0. The lowest BCUT2D eigenvalue weighted by Crippen LogP contribution is -2.17. The van der Waals surface area contributed by atoms with Crippen LogP contribution in [0.1, 0.15) is 40.5 Å². The molecule has 0 heterocycles. The molecule has 0 amide bonds. The maximum atomic E-state index is 11.0. The highest BCUT2D eigenvalue weighted by molar-refractivity contribution is 5.78.